The maximum Gasteiger partial charge on any atom is 0.261 e. The summed E-state index contributed by atoms with van der Waals surface area (Å²) in [6, 6.07) is 0.108. The summed E-state index contributed by atoms with van der Waals surface area (Å²) in [5.74, 6) is -0.600. The van der Waals surface area contributed by atoms with Crippen molar-refractivity contribution in [2.75, 3.05) is 26.4 Å². The zero-order valence-electron chi connectivity index (χ0n) is 11.4. The van der Waals surface area contributed by atoms with Crippen LogP contribution in [0.25, 0.3) is 0 Å². The van der Waals surface area contributed by atoms with E-state index in [-0.39, 0.29) is 12.1 Å². The zero-order valence-corrected chi connectivity index (χ0v) is 11.4. The summed E-state index contributed by atoms with van der Waals surface area (Å²) < 4.78 is 41.3. The van der Waals surface area contributed by atoms with Crippen molar-refractivity contribution in [1.29, 1.82) is 0 Å². The van der Waals surface area contributed by atoms with Gasteiger partial charge in [-0.2, -0.15) is 0 Å². The summed E-state index contributed by atoms with van der Waals surface area (Å²) >= 11 is 0. The highest BCUT2D eigenvalue weighted by Gasteiger charge is 2.45. The first-order valence-corrected chi connectivity index (χ1v) is 7.06. The maximum absolute atomic E-state index is 12.3. The van der Waals surface area contributed by atoms with E-state index < -0.39 is 18.8 Å². The van der Waals surface area contributed by atoms with Crippen molar-refractivity contribution >= 4 is 0 Å². The molecule has 2 unspecified atom stereocenters. The molecule has 0 aromatic carbocycles. The van der Waals surface area contributed by atoms with E-state index in [9.17, 15) is 8.78 Å². The van der Waals surface area contributed by atoms with Crippen molar-refractivity contribution in [2.24, 2.45) is 0 Å². The third-order valence-electron chi connectivity index (χ3n) is 3.70. The molecule has 4 nitrogen and oxygen atoms in total. The first-order valence-electron chi connectivity index (χ1n) is 7.06. The van der Waals surface area contributed by atoms with Crippen LogP contribution in [0.2, 0.25) is 0 Å². The first-order chi connectivity index (χ1) is 9.15. The minimum Gasteiger partial charge on any atom is -0.370 e. The third kappa shape index (κ3) is 4.08. The Morgan fingerprint density at radius 3 is 2.74 bits per heavy atom. The van der Waals surface area contributed by atoms with Gasteiger partial charge in [0.05, 0.1) is 19.3 Å². The second-order valence-corrected chi connectivity index (χ2v) is 5.17. The van der Waals surface area contributed by atoms with Crippen molar-refractivity contribution in [3.05, 3.63) is 0 Å². The molecule has 19 heavy (non-hydrogen) atoms. The van der Waals surface area contributed by atoms with Crippen LogP contribution < -0.4 is 5.32 Å². The highest BCUT2D eigenvalue weighted by Crippen LogP contribution is 2.37. The Morgan fingerprint density at radius 1 is 1.37 bits per heavy atom. The van der Waals surface area contributed by atoms with Crippen LogP contribution in [0, 0.1) is 0 Å². The van der Waals surface area contributed by atoms with E-state index in [2.05, 4.69) is 12.2 Å². The van der Waals surface area contributed by atoms with Crippen molar-refractivity contribution in [2.45, 2.75) is 57.0 Å². The number of alkyl halides is 2. The molecule has 1 spiro atoms. The summed E-state index contributed by atoms with van der Waals surface area (Å²) in [5.41, 5.74) is 0. The first kappa shape index (κ1) is 15.1. The Bertz CT molecular complexity index is 273. The molecule has 0 aromatic heterocycles. The van der Waals surface area contributed by atoms with Crippen LogP contribution in [0.3, 0.4) is 0 Å². The Kier molecular flexibility index (Phi) is 5.50. The predicted octanol–water partition coefficient (Wildman–Crippen LogP) is 1.93. The SMILES string of the molecule is CCCNC1CCC2(CC1OCC(F)F)OCCO2. The fourth-order valence-electron chi connectivity index (χ4n) is 2.81. The van der Waals surface area contributed by atoms with Gasteiger partial charge in [-0.05, 0) is 19.4 Å². The molecular formula is C13H23F2NO3. The largest absolute Gasteiger partial charge is 0.370 e. The molecule has 1 saturated carbocycles. The van der Waals surface area contributed by atoms with E-state index in [4.69, 9.17) is 14.2 Å². The van der Waals surface area contributed by atoms with Gasteiger partial charge in [0.2, 0.25) is 0 Å². The molecule has 1 heterocycles. The third-order valence-corrected chi connectivity index (χ3v) is 3.70. The van der Waals surface area contributed by atoms with E-state index in [1.807, 2.05) is 0 Å². The van der Waals surface area contributed by atoms with Crippen molar-refractivity contribution in [1.82, 2.24) is 5.32 Å². The van der Waals surface area contributed by atoms with Crippen LogP contribution in [0.4, 0.5) is 8.78 Å². The quantitative estimate of drug-likeness (QED) is 0.806. The molecule has 2 fully saturated rings. The predicted molar refractivity (Wildman–Crippen MR) is 66.3 cm³/mol. The fourth-order valence-corrected chi connectivity index (χ4v) is 2.81. The van der Waals surface area contributed by atoms with Gasteiger partial charge in [-0.15, -0.1) is 0 Å². The number of ether oxygens (including phenoxy) is 3. The van der Waals surface area contributed by atoms with Crippen LogP contribution in [-0.2, 0) is 14.2 Å². The Balaban J connectivity index is 1.92. The summed E-state index contributed by atoms with van der Waals surface area (Å²) in [5, 5.41) is 3.37. The molecule has 0 aromatic rings. The van der Waals surface area contributed by atoms with Crippen LogP contribution in [-0.4, -0.2) is 50.7 Å². The highest BCUT2D eigenvalue weighted by atomic mass is 19.3. The van der Waals surface area contributed by atoms with Crippen LogP contribution >= 0.6 is 0 Å². The average Bonchev–Trinajstić information content (AvgIpc) is 2.83. The van der Waals surface area contributed by atoms with Crippen LogP contribution in [0.5, 0.6) is 0 Å². The Hall–Kier alpha value is -0.300. The van der Waals surface area contributed by atoms with Crippen molar-refractivity contribution < 1.29 is 23.0 Å². The van der Waals surface area contributed by atoms with Gasteiger partial charge in [0, 0.05) is 18.9 Å². The molecule has 2 atom stereocenters. The number of nitrogens with one attached hydrogen (secondary N) is 1. The smallest absolute Gasteiger partial charge is 0.261 e. The lowest BCUT2D eigenvalue weighted by atomic mass is 9.87. The van der Waals surface area contributed by atoms with Crippen molar-refractivity contribution in [3.63, 3.8) is 0 Å². The number of rotatable bonds is 6. The molecule has 1 aliphatic heterocycles. The average molecular weight is 279 g/mol. The molecule has 1 N–H and O–H groups in total. The number of hydrogen-bond acceptors (Lipinski definition) is 4. The van der Waals surface area contributed by atoms with Crippen molar-refractivity contribution in [3.8, 4) is 0 Å². The highest BCUT2D eigenvalue weighted by molar-refractivity contribution is 4.92. The normalized spacial score (nSPS) is 30.3. The lowest BCUT2D eigenvalue weighted by Crippen LogP contribution is -2.52. The molecule has 0 bridgehead atoms. The molecule has 112 valence electrons. The summed E-state index contributed by atoms with van der Waals surface area (Å²) in [4.78, 5) is 0. The second-order valence-electron chi connectivity index (χ2n) is 5.17. The van der Waals surface area contributed by atoms with Gasteiger partial charge in [0.25, 0.3) is 6.43 Å². The Labute approximate surface area is 112 Å². The lowest BCUT2D eigenvalue weighted by molar-refractivity contribution is -0.210. The van der Waals surface area contributed by atoms with Gasteiger partial charge < -0.3 is 19.5 Å². The zero-order chi connectivity index (χ0) is 13.7. The minimum absolute atomic E-state index is 0.108. The van der Waals surface area contributed by atoms with Gasteiger partial charge in [-0.1, -0.05) is 6.92 Å². The van der Waals surface area contributed by atoms with Gasteiger partial charge in [-0.3, -0.25) is 0 Å². The summed E-state index contributed by atoms with van der Waals surface area (Å²) in [7, 11) is 0. The van der Waals surface area contributed by atoms with Gasteiger partial charge in [0.15, 0.2) is 5.79 Å². The minimum atomic E-state index is -2.44. The van der Waals surface area contributed by atoms with Gasteiger partial charge in [0.1, 0.15) is 6.61 Å². The molecular weight excluding hydrogens is 256 g/mol. The standard InChI is InChI=1S/C13H23F2NO3/c1-2-5-16-10-3-4-13(18-6-7-19-13)8-11(10)17-9-12(14)15/h10-12,16H,2-9H2,1H3. The molecule has 0 amide bonds. The van der Waals surface area contributed by atoms with Gasteiger partial charge >= 0.3 is 0 Å². The van der Waals surface area contributed by atoms with E-state index in [1.165, 1.54) is 0 Å². The molecule has 2 aliphatic rings. The fraction of sp³-hybridized carbons (Fsp3) is 1.00. The maximum atomic E-state index is 12.3. The molecule has 6 heteroatoms. The summed E-state index contributed by atoms with van der Waals surface area (Å²) in [6.45, 7) is 3.58. The lowest BCUT2D eigenvalue weighted by Gasteiger charge is -2.41. The molecule has 1 aliphatic carbocycles. The van der Waals surface area contributed by atoms with E-state index >= 15 is 0 Å². The van der Waals surface area contributed by atoms with E-state index in [1.54, 1.807) is 0 Å². The van der Waals surface area contributed by atoms with E-state index in [0.29, 0.717) is 19.6 Å². The summed E-state index contributed by atoms with van der Waals surface area (Å²) in [6.07, 6.45) is 0.455. The van der Waals surface area contributed by atoms with Crippen LogP contribution in [0.15, 0.2) is 0 Å². The number of halogens is 2. The monoisotopic (exact) mass is 279 g/mol. The van der Waals surface area contributed by atoms with Crippen LogP contribution in [0.1, 0.15) is 32.6 Å². The number of hydrogen-bond donors (Lipinski definition) is 1. The molecule has 0 radical (unpaired) electrons. The topological polar surface area (TPSA) is 39.7 Å². The van der Waals surface area contributed by atoms with Gasteiger partial charge in [-0.25, -0.2) is 8.78 Å². The van der Waals surface area contributed by atoms with E-state index in [0.717, 1.165) is 25.8 Å². The Morgan fingerprint density at radius 2 is 2.11 bits per heavy atom. The molecule has 1 saturated heterocycles. The molecule has 2 rings (SSSR count). The second kappa shape index (κ2) is 6.92.